The summed E-state index contributed by atoms with van der Waals surface area (Å²) in [5, 5.41) is 8.42. The van der Waals surface area contributed by atoms with Gasteiger partial charge in [0.25, 0.3) is 0 Å². The molecular weight excluding hydrogens is 136 g/mol. The monoisotopic (exact) mass is 152 g/mol. The maximum atomic E-state index is 8.42. The molecule has 0 aromatic heterocycles. The number of aliphatic hydroxyl groups is 1. The molecule has 1 N–H and O–H groups in total. The van der Waals surface area contributed by atoms with E-state index < -0.39 is 0 Å². The van der Waals surface area contributed by atoms with E-state index in [1.165, 1.54) is 0 Å². The Kier molecular flexibility index (Phi) is 5.26. The van der Waals surface area contributed by atoms with Crippen LogP contribution in [0.3, 0.4) is 0 Å². The van der Waals surface area contributed by atoms with Crippen LogP contribution in [0.25, 0.3) is 0 Å². The van der Waals surface area contributed by atoms with Crippen molar-refractivity contribution in [3.63, 3.8) is 0 Å². The average Bonchev–Trinajstić information content (AvgIpc) is 1.87. The van der Waals surface area contributed by atoms with Gasteiger partial charge in [-0.1, -0.05) is 31.2 Å². The summed E-state index contributed by atoms with van der Waals surface area (Å²) >= 11 is 0. The third-order valence-corrected chi connectivity index (χ3v) is 1.32. The van der Waals surface area contributed by atoms with Gasteiger partial charge in [0.05, 0.1) is 6.26 Å². The molecule has 0 aliphatic heterocycles. The highest BCUT2D eigenvalue weighted by molar-refractivity contribution is 5.11. The van der Waals surface area contributed by atoms with Crippen LogP contribution in [0.5, 0.6) is 0 Å². The van der Waals surface area contributed by atoms with E-state index in [4.69, 9.17) is 5.11 Å². The number of allylic oxidation sites excluding steroid dienone is 4. The first-order valence-corrected chi connectivity index (χ1v) is 3.79. The molecule has 0 bridgehead atoms. The van der Waals surface area contributed by atoms with E-state index in [1.807, 2.05) is 13.0 Å². The van der Waals surface area contributed by atoms with E-state index in [2.05, 4.69) is 19.6 Å². The third kappa shape index (κ3) is 6.91. The minimum Gasteiger partial charge on any atom is -0.516 e. The highest BCUT2D eigenvalue weighted by Crippen LogP contribution is 2.04. The van der Waals surface area contributed by atoms with Gasteiger partial charge in [0.1, 0.15) is 0 Å². The second-order valence-electron chi connectivity index (χ2n) is 2.80. The number of rotatable bonds is 4. The summed E-state index contributed by atoms with van der Waals surface area (Å²) in [4.78, 5) is 0. The van der Waals surface area contributed by atoms with Crippen molar-refractivity contribution in [3.8, 4) is 0 Å². The lowest BCUT2D eigenvalue weighted by Crippen LogP contribution is -1.85. The summed E-state index contributed by atoms with van der Waals surface area (Å²) in [7, 11) is 0. The summed E-state index contributed by atoms with van der Waals surface area (Å²) in [6.07, 6.45) is 7.86. The van der Waals surface area contributed by atoms with Crippen molar-refractivity contribution >= 4 is 0 Å². The quantitative estimate of drug-likeness (QED) is 0.484. The molecule has 0 aromatic carbocycles. The van der Waals surface area contributed by atoms with Gasteiger partial charge in [-0.05, 0) is 25.3 Å². The summed E-state index contributed by atoms with van der Waals surface area (Å²) in [5.41, 5.74) is 1.06. The van der Waals surface area contributed by atoms with Gasteiger partial charge in [-0.2, -0.15) is 0 Å². The van der Waals surface area contributed by atoms with E-state index >= 15 is 0 Å². The highest BCUT2D eigenvalue weighted by Gasteiger charge is 1.91. The molecule has 1 nitrogen and oxygen atoms in total. The van der Waals surface area contributed by atoms with E-state index in [0.29, 0.717) is 5.92 Å². The minimum atomic E-state index is 0.399. The Hall–Kier alpha value is -0.980. The Balaban J connectivity index is 3.61. The lowest BCUT2D eigenvalue weighted by atomic mass is 10.1. The van der Waals surface area contributed by atoms with Crippen LogP contribution >= 0.6 is 0 Å². The van der Waals surface area contributed by atoms with Crippen molar-refractivity contribution < 1.29 is 5.11 Å². The molecular formula is C10H16O. The fraction of sp³-hybridized carbons (Fsp3) is 0.400. The highest BCUT2D eigenvalue weighted by atomic mass is 16.2. The predicted molar refractivity (Wildman–Crippen MR) is 49.5 cm³/mol. The molecule has 0 spiro atoms. The van der Waals surface area contributed by atoms with E-state index in [1.54, 1.807) is 6.08 Å². The van der Waals surface area contributed by atoms with Gasteiger partial charge in [0.15, 0.2) is 0 Å². The van der Waals surface area contributed by atoms with Gasteiger partial charge in [-0.15, -0.1) is 0 Å². The molecule has 0 aromatic rings. The smallest absolute Gasteiger partial charge is 0.0754 e. The van der Waals surface area contributed by atoms with Gasteiger partial charge in [-0.25, -0.2) is 0 Å². The van der Waals surface area contributed by atoms with Crippen molar-refractivity contribution in [2.45, 2.75) is 20.3 Å². The standard InChI is InChI=1S/C10H16O/c1-9(2)5-4-6-10(3)7-8-11/h4-5,7-8,10-11H,1,6H2,2-3H3. The lowest BCUT2D eigenvalue weighted by Gasteiger charge is -1.98. The van der Waals surface area contributed by atoms with Crippen LogP contribution in [-0.2, 0) is 0 Å². The van der Waals surface area contributed by atoms with Crippen LogP contribution in [0.15, 0.2) is 36.6 Å². The van der Waals surface area contributed by atoms with Crippen LogP contribution in [0, 0.1) is 5.92 Å². The molecule has 1 unspecified atom stereocenters. The fourth-order valence-electron chi connectivity index (χ4n) is 0.709. The van der Waals surface area contributed by atoms with E-state index in [-0.39, 0.29) is 0 Å². The molecule has 0 amide bonds. The molecule has 11 heavy (non-hydrogen) atoms. The van der Waals surface area contributed by atoms with Crippen molar-refractivity contribution in [2.24, 2.45) is 5.92 Å². The van der Waals surface area contributed by atoms with Gasteiger partial charge in [-0.3, -0.25) is 0 Å². The van der Waals surface area contributed by atoms with Crippen LogP contribution in [0.2, 0.25) is 0 Å². The first kappa shape index (κ1) is 10.0. The minimum absolute atomic E-state index is 0.399. The molecule has 0 heterocycles. The van der Waals surface area contributed by atoms with Gasteiger partial charge >= 0.3 is 0 Å². The summed E-state index contributed by atoms with van der Waals surface area (Å²) in [5.74, 6) is 0.399. The molecule has 0 rings (SSSR count). The Morgan fingerprint density at radius 1 is 1.64 bits per heavy atom. The van der Waals surface area contributed by atoms with Gasteiger partial charge in [0, 0.05) is 0 Å². The summed E-state index contributed by atoms with van der Waals surface area (Å²) in [6.45, 7) is 7.76. The summed E-state index contributed by atoms with van der Waals surface area (Å²) < 4.78 is 0. The second-order valence-corrected chi connectivity index (χ2v) is 2.80. The van der Waals surface area contributed by atoms with Crippen LogP contribution in [0.4, 0.5) is 0 Å². The molecule has 0 saturated heterocycles. The first-order valence-electron chi connectivity index (χ1n) is 3.79. The number of aliphatic hydroxyl groups excluding tert-OH is 1. The molecule has 1 atom stereocenters. The SMILES string of the molecule is C=C(C)C=CCC(C)C=CO. The molecule has 0 radical (unpaired) electrons. The van der Waals surface area contributed by atoms with Crippen LogP contribution in [0.1, 0.15) is 20.3 Å². The molecule has 0 aliphatic carbocycles. The third-order valence-electron chi connectivity index (χ3n) is 1.32. The largest absolute Gasteiger partial charge is 0.516 e. The lowest BCUT2D eigenvalue weighted by molar-refractivity contribution is 0.465. The predicted octanol–water partition coefficient (Wildman–Crippen LogP) is 3.22. The zero-order chi connectivity index (χ0) is 8.69. The Morgan fingerprint density at radius 2 is 2.27 bits per heavy atom. The number of hydrogen-bond acceptors (Lipinski definition) is 1. The van der Waals surface area contributed by atoms with Crippen LogP contribution in [-0.4, -0.2) is 5.11 Å². The van der Waals surface area contributed by atoms with E-state index in [0.717, 1.165) is 18.3 Å². The van der Waals surface area contributed by atoms with Crippen molar-refractivity contribution in [2.75, 3.05) is 0 Å². The Bertz CT molecular complexity index is 166. The van der Waals surface area contributed by atoms with Gasteiger partial charge < -0.3 is 5.11 Å². The number of hydrogen-bond donors (Lipinski definition) is 1. The first-order chi connectivity index (χ1) is 5.16. The molecule has 62 valence electrons. The van der Waals surface area contributed by atoms with Crippen LogP contribution < -0.4 is 0 Å². The summed E-state index contributed by atoms with van der Waals surface area (Å²) in [6, 6.07) is 0. The zero-order valence-corrected chi connectivity index (χ0v) is 7.25. The maximum Gasteiger partial charge on any atom is 0.0754 e. The topological polar surface area (TPSA) is 20.2 Å². The molecule has 0 saturated carbocycles. The van der Waals surface area contributed by atoms with E-state index in [9.17, 15) is 0 Å². The van der Waals surface area contributed by atoms with Crippen molar-refractivity contribution in [1.82, 2.24) is 0 Å². The normalized spacial score (nSPS) is 14.4. The molecule has 1 heteroatoms. The van der Waals surface area contributed by atoms with Crippen molar-refractivity contribution in [1.29, 1.82) is 0 Å². The zero-order valence-electron chi connectivity index (χ0n) is 7.25. The Morgan fingerprint density at radius 3 is 2.73 bits per heavy atom. The maximum absolute atomic E-state index is 8.42. The van der Waals surface area contributed by atoms with Crippen molar-refractivity contribution in [3.05, 3.63) is 36.6 Å². The van der Waals surface area contributed by atoms with Gasteiger partial charge in [0.2, 0.25) is 0 Å². The average molecular weight is 152 g/mol. The fourth-order valence-corrected chi connectivity index (χ4v) is 0.709. The molecule has 0 fully saturated rings. The Labute approximate surface area is 68.7 Å². The molecule has 0 aliphatic rings. The second kappa shape index (κ2) is 5.78.